The van der Waals surface area contributed by atoms with Crippen LogP contribution in [0.3, 0.4) is 0 Å². The normalized spacial score (nSPS) is 11.0. The SMILES string of the molecule is CC(C)n1ncnc1COc1ccc(Br)cc1CO. The van der Waals surface area contributed by atoms with E-state index in [9.17, 15) is 5.11 Å². The average molecular weight is 326 g/mol. The van der Waals surface area contributed by atoms with Crippen LogP contribution < -0.4 is 4.74 Å². The zero-order valence-corrected chi connectivity index (χ0v) is 12.5. The van der Waals surface area contributed by atoms with Crippen LogP contribution in [0.25, 0.3) is 0 Å². The number of hydrogen-bond acceptors (Lipinski definition) is 4. The number of aliphatic hydroxyl groups excluding tert-OH is 1. The highest BCUT2D eigenvalue weighted by Crippen LogP contribution is 2.24. The zero-order valence-electron chi connectivity index (χ0n) is 10.9. The molecule has 0 amide bonds. The Morgan fingerprint density at radius 3 is 2.89 bits per heavy atom. The lowest BCUT2D eigenvalue weighted by Crippen LogP contribution is -2.11. The molecule has 0 atom stereocenters. The molecular weight excluding hydrogens is 310 g/mol. The summed E-state index contributed by atoms with van der Waals surface area (Å²) in [6.07, 6.45) is 1.52. The zero-order chi connectivity index (χ0) is 13.8. The highest BCUT2D eigenvalue weighted by atomic mass is 79.9. The van der Waals surface area contributed by atoms with Crippen LogP contribution in [0.15, 0.2) is 29.0 Å². The Kier molecular flexibility index (Phi) is 4.55. The molecule has 5 nitrogen and oxygen atoms in total. The van der Waals surface area contributed by atoms with E-state index >= 15 is 0 Å². The first-order valence-corrected chi connectivity index (χ1v) is 6.81. The summed E-state index contributed by atoms with van der Waals surface area (Å²) >= 11 is 3.36. The first-order chi connectivity index (χ1) is 9.11. The van der Waals surface area contributed by atoms with Crippen molar-refractivity contribution in [3.05, 3.63) is 40.4 Å². The summed E-state index contributed by atoms with van der Waals surface area (Å²) in [5, 5.41) is 13.5. The van der Waals surface area contributed by atoms with Crippen LogP contribution in [-0.2, 0) is 13.2 Å². The minimum Gasteiger partial charge on any atom is -0.485 e. The van der Waals surface area contributed by atoms with Crippen molar-refractivity contribution in [2.24, 2.45) is 0 Å². The third kappa shape index (κ3) is 3.33. The predicted octanol–water partition coefficient (Wildman–Crippen LogP) is 2.69. The predicted molar refractivity (Wildman–Crippen MR) is 74.8 cm³/mol. The minimum absolute atomic E-state index is 0.0638. The molecule has 0 aliphatic carbocycles. The molecule has 102 valence electrons. The second kappa shape index (κ2) is 6.16. The van der Waals surface area contributed by atoms with E-state index in [0.29, 0.717) is 12.4 Å². The molecule has 0 saturated heterocycles. The van der Waals surface area contributed by atoms with E-state index in [2.05, 4.69) is 26.0 Å². The van der Waals surface area contributed by atoms with Gasteiger partial charge in [-0.25, -0.2) is 9.67 Å². The van der Waals surface area contributed by atoms with Crippen molar-refractivity contribution >= 4 is 15.9 Å². The van der Waals surface area contributed by atoms with E-state index < -0.39 is 0 Å². The van der Waals surface area contributed by atoms with Crippen LogP contribution in [0.2, 0.25) is 0 Å². The quantitative estimate of drug-likeness (QED) is 0.918. The molecule has 0 fully saturated rings. The van der Waals surface area contributed by atoms with Gasteiger partial charge in [-0.3, -0.25) is 0 Å². The lowest BCUT2D eigenvalue weighted by molar-refractivity contribution is 0.251. The van der Waals surface area contributed by atoms with Gasteiger partial charge in [0.25, 0.3) is 0 Å². The molecule has 0 aliphatic heterocycles. The monoisotopic (exact) mass is 325 g/mol. The maximum atomic E-state index is 9.31. The Morgan fingerprint density at radius 1 is 1.42 bits per heavy atom. The first-order valence-electron chi connectivity index (χ1n) is 6.02. The number of aliphatic hydroxyl groups is 1. The largest absolute Gasteiger partial charge is 0.485 e. The molecule has 0 aliphatic rings. The van der Waals surface area contributed by atoms with Crippen molar-refractivity contribution in [1.29, 1.82) is 0 Å². The molecule has 0 unspecified atom stereocenters. The minimum atomic E-state index is -0.0638. The summed E-state index contributed by atoms with van der Waals surface area (Å²) in [4.78, 5) is 4.18. The Morgan fingerprint density at radius 2 is 2.21 bits per heavy atom. The number of hydrogen-bond donors (Lipinski definition) is 1. The molecule has 1 N–H and O–H groups in total. The fraction of sp³-hybridized carbons (Fsp3) is 0.385. The fourth-order valence-electron chi connectivity index (χ4n) is 1.76. The molecule has 0 saturated carbocycles. The number of nitrogens with zero attached hydrogens (tertiary/aromatic N) is 3. The van der Waals surface area contributed by atoms with Crippen molar-refractivity contribution in [3.8, 4) is 5.75 Å². The first kappa shape index (κ1) is 14.0. The van der Waals surface area contributed by atoms with Crippen LogP contribution in [0.5, 0.6) is 5.75 Å². The summed E-state index contributed by atoms with van der Waals surface area (Å²) in [5.41, 5.74) is 0.741. The average Bonchev–Trinajstić information content (AvgIpc) is 2.85. The summed E-state index contributed by atoms with van der Waals surface area (Å²) < 4.78 is 8.44. The van der Waals surface area contributed by atoms with E-state index in [1.165, 1.54) is 6.33 Å². The van der Waals surface area contributed by atoms with Crippen molar-refractivity contribution in [1.82, 2.24) is 14.8 Å². The Balaban J connectivity index is 2.12. The van der Waals surface area contributed by atoms with Crippen LogP contribution in [0, 0.1) is 0 Å². The summed E-state index contributed by atoms with van der Waals surface area (Å²) in [7, 11) is 0. The molecule has 1 aromatic carbocycles. The van der Waals surface area contributed by atoms with Crippen molar-refractivity contribution in [3.63, 3.8) is 0 Å². The highest BCUT2D eigenvalue weighted by molar-refractivity contribution is 9.10. The van der Waals surface area contributed by atoms with Crippen molar-refractivity contribution < 1.29 is 9.84 Å². The molecule has 0 bridgehead atoms. The van der Waals surface area contributed by atoms with Gasteiger partial charge in [0.2, 0.25) is 0 Å². The van der Waals surface area contributed by atoms with Gasteiger partial charge in [-0.15, -0.1) is 0 Å². The summed E-state index contributed by atoms with van der Waals surface area (Å²) in [5.74, 6) is 1.42. The molecule has 19 heavy (non-hydrogen) atoms. The number of benzene rings is 1. The lowest BCUT2D eigenvalue weighted by Gasteiger charge is -2.12. The standard InChI is InChI=1S/C13H16BrN3O2/c1-9(2)17-13(15-8-16-17)7-19-12-4-3-11(14)5-10(12)6-18/h3-5,8-9,18H,6-7H2,1-2H3. The van der Waals surface area contributed by atoms with Crippen LogP contribution in [-0.4, -0.2) is 19.9 Å². The number of halogens is 1. The molecule has 1 aromatic heterocycles. The summed E-state index contributed by atoms with van der Waals surface area (Å²) in [6.45, 7) is 4.34. The third-order valence-electron chi connectivity index (χ3n) is 2.69. The van der Waals surface area contributed by atoms with E-state index in [-0.39, 0.29) is 12.6 Å². The Hall–Kier alpha value is -1.40. The van der Waals surface area contributed by atoms with Gasteiger partial charge >= 0.3 is 0 Å². The summed E-state index contributed by atoms with van der Waals surface area (Å²) in [6, 6.07) is 5.78. The lowest BCUT2D eigenvalue weighted by atomic mass is 10.2. The van der Waals surface area contributed by atoms with Gasteiger partial charge in [-0.2, -0.15) is 5.10 Å². The van der Waals surface area contributed by atoms with Crippen molar-refractivity contribution in [2.75, 3.05) is 0 Å². The number of rotatable bonds is 5. The third-order valence-corrected chi connectivity index (χ3v) is 3.18. The van der Waals surface area contributed by atoms with Gasteiger partial charge in [0.15, 0.2) is 5.82 Å². The van der Waals surface area contributed by atoms with E-state index in [0.717, 1.165) is 15.9 Å². The molecule has 0 radical (unpaired) electrons. The topological polar surface area (TPSA) is 60.2 Å². The maximum Gasteiger partial charge on any atom is 0.165 e. The smallest absolute Gasteiger partial charge is 0.165 e. The van der Waals surface area contributed by atoms with E-state index in [4.69, 9.17) is 4.74 Å². The Bertz CT molecular complexity index is 555. The van der Waals surface area contributed by atoms with Crippen molar-refractivity contribution in [2.45, 2.75) is 33.1 Å². The van der Waals surface area contributed by atoms with Gasteiger partial charge < -0.3 is 9.84 Å². The second-order valence-corrected chi connectivity index (χ2v) is 5.33. The molecule has 2 rings (SSSR count). The van der Waals surface area contributed by atoms with Gasteiger partial charge in [-0.1, -0.05) is 15.9 Å². The van der Waals surface area contributed by atoms with Gasteiger partial charge in [0.1, 0.15) is 18.7 Å². The number of aromatic nitrogens is 3. The molecule has 2 aromatic rings. The fourth-order valence-corrected chi connectivity index (χ4v) is 2.17. The van der Waals surface area contributed by atoms with Gasteiger partial charge in [0, 0.05) is 16.1 Å². The highest BCUT2D eigenvalue weighted by Gasteiger charge is 2.10. The van der Waals surface area contributed by atoms with E-state index in [1.807, 2.05) is 36.7 Å². The molecule has 1 heterocycles. The molecule has 6 heteroatoms. The molecule has 0 spiro atoms. The second-order valence-electron chi connectivity index (χ2n) is 4.41. The van der Waals surface area contributed by atoms with E-state index in [1.54, 1.807) is 0 Å². The van der Waals surface area contributed by atoms with Crippen LogP contribution >= 0.6 is 15.9 Å². The molecular formula is C13H16BrN3O2. The Labute approximate surface area is 120 Å². The van der Waals surface area contributed by atoms with Gasteiger partial charge in [-0.05, 0) is 32.0 Å². The van der Waals surface area contributed by atoms with Gasteiger partial charge in [0.05, 0.1) is 6.61 Å². The number of ether oxygens (including phenoxy) is 1. The van der Waals surface area contributed by atoms with Crippen LogP contribution in [0.1, 0.15) is 31.3 Å². The van der Waals surface area contributed by atoms with Crippen LogP contribution in [0.4, 0.5) is 0 Å². The maximum absolute atomic E-state index is 9.31.